The van der Waals surface area contributed by atoms with Crippen molar-refractivity contribution in [2.75, 3.05) is 37.6 Å². The monoisotopic (exact) mass is 457 g/mol. The fraction of sp³-hybridized carbons (Fsp3) is 0.440. The van der Waals surface area contributed by atoms with Gasteiger partial charge in [0.05, 0.1) is 5.41 Å². The van der Waals surface area contributed by atoms with Crippen LogP contribution >= 0.6 is 0 Å². The first-order chi connectivity index (χ1) is 15.6. The Morgan fingerprint density at radius 2 is 1.61 bits per heavy atom. The zero-order chi connectivity index (χ0) is 24.0. The van der Waals surface area contributed by atoms with Crippen LogP contribution in [0.4, 0.5) is 14.9 Å². The van der Waals surface area contributed by atoms with Crippen LogP contribution in [0.15, 0.2) is 48.5 Å². The van der Waals surface area contributed by atoms with Gasteiger partial charge in [-0.2, -0.15) is 0 Å². The van der Waals surface area contributed by atoms with Crippen LogP contribution in [-0.4, -0.2) is 49.7 Å². The average molecular weight is 458 g/mol. The first-order valence-corrected chi connectivity index (χ1v) is 11.1. The number of esters is 1. The highest BCUT2D eigenvalue weighted by molar-refractivity contribution is 5.78. The van der Waals surface area contributed by atoms with Crippen LogP contribution in [0.2, 0.25) is 0 Å². The Kier molecular flexibility index (Phi) is 7.92. The van der Waals surface area contributed by atoms with Crippen LogP contribution in [-0.2, 0) is 9.53 Å². The molecule has 2 aromatic carbocycles. The van der Waals surface area contributed by atoms with Gasteiger partial charge < -0.3 is 20.1 Å². The number of hydrogen-bond donors (Lipinski definition) is 1. The number of primary amides is 1. The summed E-state index contributed by atoms with van der Waals surface area (Å²) in [7, 11) is 0. The second kappa shape index (κ2) is 10.7. The van der Waals surface area contributed by atoms with E-state index in [0.717, 1.165) is 44.0 Å². The first kappa shape index (κ1) is 24.5. The van der Waals surface area contributed by atoms with Gasteiger partial charge >= 0.3 is 12.1 Å². The molecule has 0 spiro atoms. The number of carbonyl (C=O) groups excluding carboxylic acids is 2. The molecule has 1 aliphatic rings. The van der Waals surface area contributed by atoms with Gasteiger partial charge in [-0.25, -0.2) is 9.18 Å². The summed E-state index contributed by atoms with van der Waals surface area (Å²) in [5.41, 5.74) is 6.48. The fourth-order valence-corrected chi connectivity index (χ4v) is 3.63. The minimum absolute atomic E-state index is 0.261. The topological polar surface area (TPSA) is 85.1 Å². The number of anilines is 1. The van der Waals surface area contributed by atoms with E-state index in [2.05, 4.69) is 9.80 Å². The highest BCUT2D eigenvalue weighted by atomic mass is 19.1. The minimum atomic E-state index is -0.842. The smallest absolute Gasteiger partial charge is 0.405 e. The lowest BCUT2D eigenvalue weighted by molar-refractivity contribution is -0.143. The average Bonchev–Trinajstić information content (AvgIpc) is 2.77. The lowest BCUT2D eigenvalue weighted by Gasteiger charge is -2.36. The summed E-state index contributed by atoms with van der Waals surface area (Å²) < 4.78 is 23.9. The number of rotatable bonds is 7. The van der Waals surface area contributed by atoms with Crippen molar-refractivity contribution in [3.8, 4) is 5.75 Å². The van der Waals surface area contributed by atoms with Gasteiger partial charge in [0.15, 0.2) is 0 Å². The number of nitrogens with two attached hydrogens (primary N) is 1. The molecule has 0 radical (unpaired) electrons. The summed E-state index contributed by atoms with van der Waals surface area (Å²) >= 11 is 0. The van der Waals surface area contributed by atoms with Gasteiger partial charge in [-0.05, 0) is 62.7 Å². The van der Waals surface area contributed by atoms with Crippen molar-refractivity contribution in [2.45, 2.75) is 33.3 Å². The lowest BCUT2D eigenvalue weighted by atomic mass is 9.97. The zero-order valence-electron chi connectivity index (χ0n) is 19.4. The van der Waals surface area contributed by atoms with Gasteiger partial charge in [0, 0.05) is 44.8 Å². The molecule has 1 fully saturated rings. The standard InChI is InChI=1S/C25H32FN3O4/c1-25(2,3)23(30)32-21-10-8-20(9-11-21)29-16-14-28(15-17-29)13-12-22(33-24(27)31)18-4-6-19(26)7-5-18/h4-11,22H,12-17H2,1-3H3,(H2,27,31). The van der Waals surface area contributed by atoms with Gasteiger partial charge in [-0.3, -0.25) is 9.69 Å². The molecule has 1 heterocycles. The van der Waals surface area contributed by atoms with E-state index in [1.165, 1.54) is 12.1 Å². The molecule has 0 bridgehead atoms. The van der Waals surface area contributed by atoms with E-state index in [-0.39, 0.29) is 11.8 Å². The summed E-state index contributed by atoms with van der Waals surface area (Å²) in [4.78, 5) is 27.9. The molecular weight excluding hydrogens is 425 g/mol. The number of nitrogens with zero attached hydrogens (tertiary/aromatic N) is 2. The van der Waals surface area contributed by atoms with Crippen molar-refractivity contribution in [3.05, 3.63) is 59.9 Å². The summed E-state index contributed by atoms with van der Waals surface area (Å²) in [5.74, 6) is -0.0604. The van der Waals surface area contributed by atoms with Crippen molar-refractivity contribution in [2.24, 2.45) is 11.1 Å². The Morgan fingerprint density at radius 1 is 1.00 bits per heavy atom. The lowest BCUT2D eigenvalue weighted by Crippen LogP contribution is -2.46. The molecule has 178 valence electrons. The third kappa shape index (κ3) is 7.18. The van der Waals surface area contributed by atoms with Gasteiger partial charge in [-0.15, -0.1) is 0 Å². The molecule has 7 nitrogen and oxygen atoms in total. The van der Waals surface area contributed by atoms with Crippen LogP contribution in [0.1, 0.15) is 38.9 Å². The Bertz CT molecular complexity index is 934. The Labute approximate surface area is 194 Å². The molecule has 2 aromatic rings. The van der Waals surface area contributed by atoms with E-state index in [4.69, 9.17) is 15.2 Å². The second-order valence-electron chi connectivity index (χ2n) is 9.23. The van der Waals surface area contributed by atoms with Crippen molar-refractivity contribution < 1.29 is 23.5 Å². The number of amides is 1. The number of piperazine rings is 1. The molecule has 33 heavy (non-hydrogen) atoms. The maximum atomic E-state index is 13.2. The Morgan fingerprint density at radius 3 is 2.15 bits per heavy atom. The third-order valence-corrected chi connectivity index (χ3v) is 5.60. The van der Waals surface area contributed by atoms with Crippen LogP contribution in [0.25, 0.3) is 0 Å². The largest absolute Gasteiger partial charge is 0.441 e. The molecule has 1 aliphatic heterocycles. The predicted molar refractivity (Wildman–Crippen MR) is 125 cm³/mol. The summed E-state index contributed by atoms with van der Waals surface area (Å²) in [6.07, 6.45) is -0.780. The van der Waals surface area contributed by atoms with E-state index in [9.17, 15) is 14.0 Å². The molecule has 2 N–H and O–H groups in total. The molecule has 3 rings (SSSR count). The molecule has 0 saturated carbocycles. The summed E-state index contributed by atoms with van der Waals surface area (Å²) in [5, 5.41) is 0. The SMILES string of the molecule is CC(C)(C)C(=O)Oc1ccc(N2CCN(CCC(OC(N)=O)c3ccc(F)cc3)CC2)cc1. The molecule has 1 saturated heterocycles. The highest BCUT2D eigenvalue weighted by Gasteiger charge is 2.24. The van der Waals surface area contributed by atoms with E-state index in [1.807, 2.05) is 45.0 Å². The second-order valence-corrected chi connectivity index (χ2v) is 9.23. The molecule has 1 amide bonds. The quantitative estimate of drug-likeness (QED) is 0.497. The number of carbonyl (C=O) groups is 2. The van der Waals surface area contributed by atoms with Crippen LogP contribution in [0.3, 0.4) is 0 Å². The number of benzene rings is 2. The zero-order valence-corrected chi connectivity index (χ0v) is 19.4. The molecule has 1 atom stereocenters. The van der Waals surface area contributed by atoms with E-state index in [1.54, 1.807) is 12.1 Å². The van der Waals surface area contributed by atoms with Crippen molar-refractivity contribution in [1.29, 1.82) is 0 Å². The molecule has 8 heteroatoms. The van der Waals surface area contributed by atoms with Crippen LogP contribution in [0, 0.1) is 11.2 Å². The number of hydrogen-bond acceptors (Lipinski definition) is 6. The molecule has 0 aliphatic carbocycles. The van der Waals surface area contributed by atoms with Gasteiger partial charge in [0.2, 0.25) is 0 Å². The Balaban J connectivity index is 1.50. The molecule has 1 unspecified atom stereocenters. The number of halogens is 1. The third-order valence-electron chi connectivity index (χ3n) is 5.60. The van der Waals surface area contributed by atoms with Crippen molar-refractivity contribution in [1.82, 2.24) is 4.90 Å². The van der Waals surface area contributed by atoms with Crippen LogP contribution in [0.5, 0.6) is 5.75 Å². The van der Waals surface area contributed by atoms with Gasteiger partial charge in [0.25, 0.3) is 0 Å². The van der Waals surface area contributed by atoms with Crippen molar-refractivity contribution in [3.63, 3.8) is 0 Å². The van der Waals surface area contributed by atoms with E-state index >= 15 is 0 Å². The maximum absolute atomic E-state index is 13.2. The number of ether oxygens (including phenoxy) is 2. The van der Waals surface area contributed by atoms with Gasteiger partial charge in [-0.1, -0.05) is 12.1 Å². The Hall–Kier alpha value is -3.13. The maximum Gasteiger partial charge on any atom is 0.405 e. The first-order valence-electron chi connectivity index (χ1n) is 11.1. The van der Waals surface area contributed by atoms with Gasteiger partial charge in [0.1, 0.15) is 17.7 Å². The van der Waals surface area contributed by atoms with E-state index < -0.39 is 17.6 Å². The minimum Gasteiger partial charge on any atom is -0.441 e. The highest BCUT2D eigenvalue weighted by Crippen LogP contribution is 2.25. The van der Waals surface area contributed by atoms with Crippen LogP contribution < -0.4 is 15.4 Å². The normalized spacial score (nSPS) is 15.7. The summed E-state index contributed by atoms with van der Waals surface area (Å²) in [6, 6.07) is 13.5. The fourth-order valence-electron chi connectivity index (χ4n) is 3.63. The van der Waals surface area contributed by atoms with E-state index in [0.29, 0.717) is 12.2 Å². The predicted octanol–water partition coefficient (Wildman–Crippen LogP) is 4.13. The molecule has 0 aromatic heterocycles. The molecular formula is C25H32FN3O4. The summed E-state index contributed by atoms with van der Waals surface area (Å²) in [6.45, 7) is 9.60. The van der Waals surface area contributed by atoms with Crippen molar-refractivity contribution >= 4 is 17.7 Å².